The molecule has 0 heterocycles. The fourth-order valence-electron chi connectivity index (χ4n) is 4.18. The van der Waals surface area contributed by atoms with E-state index in [9.17, 15) is 9.59 Å². The topological polar surface area (TPSA) is 83.5 Å². The van der Waals surface area contributed by atoms with Gasteiger partial charge in [0.25, 0.3) is 0 Å². The molecule has 0 radical (unpaired) electrons. The Hall–Kier alpha value is -3.55. The summed E-state index contributed by atoms with van der Waals surface area (Å²) in [6.45, 7) is 0. The molecular weight excluding hydrogens is 432 g/mol. The van der Waals surface area contributed by atoms with Crippen LogP contribution in [0.15, 0.2) is 53.5 Å². The van der Waals surface area contributed by atoms with E-state index < -0.39 is 11.8 Å². The molecule has 182 valence electrons. The molecule has 8 nitrogen and oxygen atoms in total. The number of hydrogen-bond donors (Lipinski definition) is 1. The number of benzene rings is 2. The van der Waals surface area contributed by atoms with Gasteiger partial charge in [-0.15, -0.1) is 0 Å². The highest BCUT2D eigenvalue weighted by Crippen LogP contribution is 2.33. The Labute approximate surface area is 201 Å². The molecule has 0 bridgehead atoms. The maximum absolute atomic E-state index is 12.7. The molecule has 0 aliphatic heterocycles. The van der Waals surface area contributed by atoms with Crippen molar-refractivity contribution < 1.29 is 19.1 Å². The van der Waals surface area contributed by atoms with Crippen LogP contribution in [-0.4, -0.2) is 66.1 Å². The summed E-state index contributed by atoms with van der Waals surface area (Å²) >= 11 is 0. The summed E-state index contributed by atoms with van der Waals surface area (Å²) in [4.78, 5) is 34.2. The van der Waals surface area contributed by atoms with Crippen molar-refractivity contribution in [2.45, 2.75) is 18.9 Å². The molecule has 8 heteroatoms. The zero-order valence-electron chi connectivity index (χ0n) is 20.7. The molecule has 1 aliphatic carbocycles. The van der Waals surface area contributed by atoms with Crippen molar-refractivity contribution in [2.24, 2.45) is 16.8 Å². The first kappa shape index (κ1) is 25.1. The van der Waals surface area contributed by atoms with Gasteiger partial charge in [0.15, 0.2) is 0 Å². The van der Waals surface area contributed by atoms with Crippen LogP contribution in [0.25, 0.3) is 0 Å². The Bertz CT molecular complexity index is 1020. The number of ether oxygens (including phenoxy) is 2. The van der Waals surface area contributed by atoms with Gasteiger partial charge in [0.2, 0.25) is 0 Å². The minimum absolute atomic E-state index is 0.301. The average molecular weight is 467 g/mol. The standard InChI is InChI=1S/C26H34N4O4/c1-29(2)19-11-7-17(8-12-19)27-23-15-22(26(32)34-6)24(16-21(23)25(31)33-5)28-18-9-13-20(14-10-18)30(3)4/h7-14,21-23,27H,15-16H2,1-6H3. The number of esters is 2. The van der Waals surface area contributed by atoms with Gasteiger partial charge in [-0.2, -0.15) is 0 Å². The molecule has 0 saturated heterocycles. The average Bonchev–Trinajstić information content (AvgIpc) is 2.84. The van der Waals surface area contributed by atoms with Gasteiger partial charge in [-0.1, -0.05) is 0 Å². The predicted molar refractivity (Wildman–Crippen MR) is 136 cm³/mol. The quantitative estimate of drug-likeness (QED) is 0.622. The molecule has 1 N–H and O–H groups in total. The van der Waals surface area contributed by atoms with E-state index in [1.54, 1.807) is 0 Å². The molecule has 1 saturated carbocycles. The Morgan fingerprint density at radius 1 is 0.853 bits per heavy atom. The fourth-order valence-corrected chi connectivity index (χ4v) is 4.18. The van der Waals surface area contributed by atoms with E-state index in [0.29, 0.717) is 18.6 Å². The van der Waals surface area contributed by atoms with Crippen LogP contribution in [0.2, 0.25) is 0 Å². The highest BCUT2D eigenvalue weighted by atomic mass is 16.5. The van der Waals surface area contributed by atoms with Crippen molar-refractivity contribution in [3.05, 3.63) is 48.5 Å². The number of carbonyl (C=O) groups excluding carboxylic acids is 2. The summed E-state index contributed by atoms with van der Waals surface area (Å²) < 4.78 is 10.2. The molecule has 3 atom stereocenters. The highest BCUT2D eigenvalue weighted by Gasteiger charge is 2.42. The molecule has 1 aliphatic rings. The molecule has 0 spiro atoms. The van der Waals surface area contributed by atoms with Crippen molar-refractivity contribution in [2.75, 3.05) is 57.5 Å². The van der Waals surface area contributed by atoms with Gasteiger partial charge in [0.1, 0.15) is 0 Å². The SMILES string of the molecule is COC(=O)C1CC(Nc2ccc(N(C)C)cc2)C(C(=O)OC)CC1=Nc1ccc(N(C)C)cc1. The van der Waals surface area contributed by atoms with E-state index in [1.165, 1.54) is 14.2 Å². The minimum atomic E-state index is -0.557. The third-order valence-corrected chi connectivity index (χ3v) is 6.17. The van der Waals surface area contributed by atoms with Crippen LogP contribution in [0.1, 0.15) is 12.8 Å². The molecule has 0 amide bonds. The first-order valence-corrected chi connectivity index (χ1v) is 11.3. The van der Waals surface area contributed by atoms with Gasteiger partial charge in [0, 0.05) is 63.4 Å². The molecular formula is C26H34N4O4. The van der Waals surface area contributed by atoms with Crippen molar-refractivity contribution in [3.63, 3.8) is 0 Å². The summed E-state index contributed by atoms with van der Waals surface area (Å²) in [6, 6.07) is 15.4. The maximum atomic E-state index is 12.7. The van der Waals surface area contributed by atoms with E-state index in [1.807, 2.05) is 86.5 Å². The van der Waals surface area contributed by atoms with Crippen molar-refractivity contribution in [1.82, 2.24) is 0 Å². The number of nitrogens with zero attached hydrogens (tertiary/aromatic N) is 3. The molecule has 0 aromatic heterocycles. The zero-order chi connectivity index (χ0) is 24.8. The van der Waals surface area contributed by atoms with Crippen LogP contribution in [0.3, 0.4) is 0 Å². The normalized spacial score (nSPS) is 21.0. The second-order valence-corrected chi connectivity index (χ2v) is 8.85. The monoisotopic (exact) mass is 466 g/mol. The number of aliphatic imine (C=N–C) groups is 1. The lowest BCUT2D eigenvalue weighted by Gasteiger charge is -2.35. The minimum Gasteiger partial charge on any atom is -0.469 e. The number of anilines is 3. The maximum Gasteiger partial charge on any atom is 0.314 e. The van der Waals surface area contributed by atoms with E-state index in [2.05, 4.69) is 5.32 Å². The fraction of sp³-hybridized carbons (Fsp3) is 0.423. The third kappa shape index (κ3) is 5.87. The Balaban J connectivity index is 1.91. The summed E-state index contributed by atoms with van der Waals surface area (Å²) in [7, 11) is 10.7. The largest absolute Gasteiger partial charge is 0.469 e. The second-order valence-electron chi connectivity index (χ2n) is 8.85. The van der Waals surface area contributed by atoms with E-state index in [-0.39, 0.29) is 18.0 Å². The van der Waals surface area contributed by atoms with Crippen molar-refractivity contribution in [3.8, 4) is 0 Å². The van der Waals surface area contributed by atoms with Crippen LogP contribution in [0.4, 0.5) is 22.7 Å². The van der Waals surface area contributed by atoms with Crippen LogP contribution in [-0.2, 0) is 19.1 Å². The number of nitrogens with one attached hydrogen (secondary N) is 1. The summed E-state index contributed by atoms with van der Waals surface area (Å²) in [5.41, 5.74) is 4.34. The molecule has 34 heavy (non-hydrogen) atoms. The second kappa shape index (κ2) is 11.0. The third-order valence-electron chi connectivity index (χ3n) is 6.17. The van der Waals surface area contributed by atoms with Gasteiger partial charge in [0.05, 0.1) is 31.7 Å². The van der Waals surface area contributed by atoms with E-state index in [4.69, 9.17) is 14.5 Å². The van der Waals surface area contributed by atoms with Gasteiger partial charge in [-0.3, -0.25) is 14.6 Å². The van der Waals surface area contributed by atoms with E-state index in [0.717, 1.165) is 22.7 Å². The zero-order valence-corrected chi connectivity index (χ0v) is 20.7. The first-order valence-electron chi connectivity index (χ1n) is 11.3. The summed E-state index contributed by atoms with van der Waals surface area (Å²) in [6.07, 6.45) is 0.672. The summed E-state index contributed by atoms with van der Waals surface area (Å²) in [5, 5.41) is 3.44. The lowest BCUT2D eigenvalue weighted by Crippen LogP contribution is -2.46. The van der Waals surface area contributed by atoms with Gasteiger partial charge < -0.3 is 24.6 Å². The van der Waals surface area contributed by atoms with Gasteiger partial charge >= 0.3 is 11.9 Å². The first-order chi connectivity index (χ1) is 16.2. The van der Waals surface area contributed by atoms with Gasteiger partial charge in [-0.25, -0.2) is 0 Å². The highest BCUT2D eigenvalue weighted by molar-refractivity contribution is 6.05. The number of carbonyl (C=O) groups is 2. The molecule has 3 rings (SSSR count). The summed E-state index contributed by atoms with van der Waals surface area (Å²) in [5.74, 6) is -1.74. The van der Waals surface area contributed by atoms with Crippen LogP contribution < -0.4 is 15.1 Å². The number of rotatable bonds is 7. The molecule has 2 aromatic carbocycles. The van der Waals surface area contributed by atoms with E-state index >= 15 is 0 Å². The smallest absolute Gasteiger partial charge is 0.314 e. The van der Waals surface area contributed by atoms with Crippen LogP contribution in [0, 0.1) is 11.8 Å². The Morgan fingerprint density at radius 3 is 1.88 bits per heavy atom. The van der Waals surface area contributed by atoms with Crippen LogP contribution in [0.5, 0.6) is 0 Å². The molecule has 1 fully saturated rings. The van der Waals surface area contributed by atoms with Crippen molar-refractivity contribution in [1.29, 1.82) is 0 Å². The lowest BCUT2D eigenvalue weighted by atomic mass is 9.76. The van der Waals surface area contributed by atoms with Crippen molar-refractivity contribution >= 4 is 40.4 Å². The Kier molecular flexibility index (Phi) is 8.15. The number of hydrogen-bond acceptors (Lipinski definition) is 8. The van der Waals surface area contributed by atoms with Gasteiger partial charge in [-0.05, 0) is 55.0 Å². The van der Waals surface area contributed by atoms with Crippen LogP contribution >= 0.6 is 0 Å². The predicted octanol–water partition coefficient (Wildman–Crippen LogP) is 3.74. The molecule has 3 unspecified atom stereocenters. The Morgan fingerprint density at radius 2 is 1.38 bits per heavy atom. The molecule has 2 aromatic rings. The lowest BCUT2D eigenvalue weighted by molar-refractivity contribution is -0.148. The number of methoxy groups -OCH3 is 2.